The Labute approximate surface area is 109 Å². The fraction of sp³-hybridized carbons (Fsp3) is 0.235. The summed E-state index contributed by atoms with van der Waals surface area (Å²) in [5, 5.41) is 0. The molecule has 0 radical (unpaired) electrons. The summed E-state index contributed by atoms with van der Waals surface area (Å²) in [6, 6.07) is 16.7. The number of para-hydroxylation sites is 1. The van der Waals surface area contributed by atoms with Crippen LogP contribution < -0.4 is 0 Å². The maximum Gasteiger partial charge on any atom is 0.0691 e. The minimum atomic E-state index is 0.942. The molecule has 0 unspecified atom stereocenters. The van der Waals surface area contributed by atoms with Crippen LogP contribution in [0, 0.1) is 13.8 Å². The van der Waals surface area contributed by atoms with Crippen molar-refractivity contribution in [1.82, 2.24) is 0 Å². The van der Waals surface area contributed by atoms with E-state index in [0.29, 0.717) is 0 Å². The van der Waals surface area contributed by atoms with Gasteiger partial charge in [-0.05, 0) is 37.0 Å². The van der Waals surface area contributed by atoms with Crippen molar-refractivity contribution < 1.29 is 0 Å². The predicted molar refractivity (Wildman–Crippen MR) is 78.8 cm³/mol. The van der Waals surface area contributed by atoms with Gasteiger partial charge in [0.15, 0.2) is 0 Å². The van der Waals surface area contributed by atoms with E-state index < -0.39 is 0 Å². The first-order valence-electron chi connectivity index (χ1n) is 6.41. The lowest BCUT2D eigenvalue weighted by molar-refractivity contribution is 1.24. The Morgan fingerprint density at radius 1 is 0.889 bits per heavy atom. The van der Waals surface area contributed by atoms with Crippen LogP contribution in [0.25, 0.3) is 0 Å². The molecule has 0 bridgehead atoms. The first-order chi connectivity index (χ1) is 8.72. The fourth-order valence-electron chi connectivity index (χ4n) is 2.10. The van der Waals surface area contributed by atoms with Crippen LogP contribution >= 0.6 is 0 Å². The molecule has 0 fully saturated rings. The summed E-state index contributed by atoms with van der Waals surface area (Å²) in [7, 11) is 0. The zero-order valence-corrected chi connectivity index (χ0v) is 11.3. The molecule has 0 aromatic heterocycles. The molecule has 0 aliphatic rings. The van der Waals surface area contributed by atoms with E-state index in [0.717, 1.165) is 17.8 Å². The maximum absolute atomic E-state index is 4.86. The van der Waals surface area contributed by atoms with E-state index in [-0.39, 0.29) is 0 Å². The first kappa shape index (κ1) is 12.6. The van der Waals surface area contributed by atoms with Crippen molar-refractivity contribution in [1.29, 1.82) is 0 Å². The van der Waals surface area contributed by atoms with Crippen molar-refractivity contribution in [2.45, 2.75) is 27.2 Å². The normalized spacial score (nSPS) is 11.6. The lowest BCUT2D eigenvalue weighted by Gasteiger charge is -2.08. The Morgan fingerprint density at radius 2 is 1.50 bits per heavy atom. The van der Waals surface area contributed by atoms with Crippen LogP contribution in [-0.2, 0) is 0 Å². The van der Waals surface area contributed by atoms with Crippen molar-refractivity contribution in [3.63, 3.8) is 0 Å². The molecular weight excluding hydrogens is 218 g/mol. The highest BCUT2D eigenvalue weighted by molar-refractivity contribution is 6.02. The van der Waals surface area contributed by atoms with Crippen LogP contribution in [0.1, 0.15) is 30.0 Å². The van der Waals surface area contributed by atoms with Gasteiger partial charge in [-0.2, -0.15) is 0 Å². The van der Waals surface area contributed by atoms with Gasteiger partial charge < -0.3 is 0 Å². The standard InChI is InChI=1S/C17H19N/c1-4-16(15-11-6-5-7-12-15)18-17-13(2)9-8-10-14(17)3/h5-12H,4H2,1-3H3. The minimum absolute atomic E-state index is 0.942. The summed E-state index contributed by atoms with van der Waals surface area (Å²) in [6.07, 6.45) is 0.942. The largest absolute Gasteiger partial charge is 0.252 e. The monoisotopic (exact) mass is 237 g/mol. The molecule has 0 saturated carbocycles. The molecule has 1 heteroatoms. The van der Waals surface area contributed by atoms with E-state index >= 15 is 0 Å². The third-order valence-corrected chi connectivity index (χ3v) is 3.13. The number of aryl methyl sites for hydroxylation is 2. The van der Waals surface area contributed by atoms with Gasteiger partial charge in [-0.1, -0.05) is 55.5 Å². The summed E-state index contributed by atoms with van der Waals surface area (Å²) < 4.78 is 0. The van der Waals surface area contributed by atoms with Crippen LogP contribution in [0.2, 0.25) is 0 Å². The lowest BCUT2D eigenvalue weighted by Crippen LogP contribution is -1.98. The van der Waals surface area contributed by atoms with E-state index in [9.17, 15) is 0 Å². The van der Waals surface area contributed by atoms with E-state index in [1.54, 1.807) is 0 Å². The molecule has 1 nitrogen and oxygen atoms in total. The molecule has 2 aromatic carbocycles. The van der Waals surface area contributed by atoms with Crippen molar-refractivity contribution in [3.05, 3.63) is 65.2 Å². The molecule has 92 valence electrons. The number of rotatable bonds is 3. The Morgan fingerprint density at radius 3 is 2.06 bits per heavy atom. The highest BCUT2D eigenvalue weighted by Crippen LogP contribution is 2.24. The quantitative estimate of drug-likeness (QED) is 0.678. The average Bonchev–Trinajstić information content (AvgIpc) is 2.40. The molecular formula is C17H19N. The van der Waals surface area contributed by atoms with Gasteiger partial charge in [0.05, 0.1) is 5.69 Å². The first-order valence-corrected chi connectivity index (χ1v) is 6.41. The average molecular weight is 237 g/mol. The topological polar surface area (TPSA) is 12.4 Å². The SMILES string of the molecule is CCC(=Nc1c(C)cccc1C)c1ccccc1. The summed E-state index contributed by atoms with van der Waals surface area (Å²) >= 11 is 0. The molecule has 0 heterocycles. The second kappa shape index (κ2) is 5.63. The van der Waals surface area contributed by atoms with Crippen LogP contribution in [-0.4, -0.2) is 5.71 Å². The number of aliphatic imine (C=N–C) groups is 1. The van der Waals surface area contributed by atoms with Crippen molar-refractivity contribution in [2.24, 2.45) is 4.99 Å². The van der Waals surface area contributed by atoms with Crippen LogP contribution in [0.3, 0.4) is 0 Å². The van der Waals surface area contributed by atoms with E-state index in [1.807, 2.05) is 6.07 Å². The van der Waals surface area contributed by atoms with Gasteiger partial charge in [0.25, 0.3) is 0 Å². The second-order valence-electron chi connectivity index (χ2n) is 4.52. The molecule has 0 saturated heterocycles. The van der Waals surface area contributed by atoms with E-state index in [4.69, 9.17) is 4.99 Å². The van der Waals surface area contributed by atoms with Crippen molar-refractivity contribution in [3.8, 4) is 0 Å². The Hall–Kier alpha value is -1.89. The van der Waals surface area contributed by atoms with Crippen molar-refractivity contribution in [2.75, 3.05) is 0 Å². The van der Waals surface area contributed by atoms with Crippen LogP contribution in [0.5, 0.6) is 0 Å². The van der Waals surface area contributed by atoms with E-state index in [1.165, 1.54) is 16.7 Å². The molecule has 0 amide bonds. The van der Waals surface area contributed by atoms with Gasteiger partial charge in [-0.25, -0.2) is 0 Å². The Balaban J connectivity index is 2.48. The third-order valence-electron chi connectivity index (χ3n) is 3.13. The predicted octanol–water partition coefficient (Wildman–Crippen LogP) is 4.83. The smallest absolute Gasteiger partial charge is 0.0691 e. The molecule has 0 spiro atoms. The number of hydrogen-bond acceptors (Lipinski definition) is 1. The number of benzene rings is 2. The van der Waals surface area contributed by atoms with Gasteiger partial charge in [-0.3, -0.25) is 4.99 Å². The molecule has 2 aromatic rings. The summed E-state index contributed by atoms with van der Waals surface area (Å²) in [5.41, 5.74) is 5.93. The molecule has 18 heavy (non-hydrogen) atoms. The van der Waals surface area contributed by atoms with Gasteiger partial charge in [0.2, 0.25) is 0 Å². The third kappa shape index (κ3) is 2.67. The highest BCUT2D eigenvalue weighted by atomic mass is 14.8. The van der Waals surface area contributed by atoms with Crippen LogP contribution in [0.15, 0.2) is 53.5 Å². The Bertz CT molecular complexity index is 533. The van der Waals surface area contributed by atoms with Gasteiger partial charge >= 0.3 is 0 Å². The van der Waals surface area contributed by atoms with Gasteiger partial charge in [-0.15, -0.1) is 0 Å². The zero-order chi connectivity index (χ0) is 13.0. The van der Waals surface area contributed by atoms with E-state index in [2.05, 4.69) is 63.2 Å². The summed E-state index contributed by atoms with van der Waals surface area (Å²) in [6.45, 7) is 6.38. The van der Waals surface area contributed by atoms with Gasteiger partial charge in [0.1, 0.15) is 0 Å². The zero-order valence-electron chi connectivity index (χ0n) is 11.3. The van der Waals surface area contributed by atoms with Crippen molar-refractivity contribution >= 4 is 11.4 Å². The molecule has 0 N–H and O–H groups in total. The Kier molecular flexibility index (Phi) is 3.93. The molecule has 0 atom stereocenters. The molecule has 2 rings (SSSR count). The number of hydrogen-bond donors (Lipinski definition) is 0. The fourth-order valence-corrected chi connectivity index (χ4v) is 2.10. The second-order valence-corrected chi connectivity index (χ2v) is 4.52. The molecule has 0 aliphatic carbocycles. The minimum Gasteiger partial charge on any atom is -0.252 e. The van der Waals surface area contributed by atoms with Crippen LogP contribution in [0.4, 0.5) is 5.69 Å². The summed E-state index contributed by atoms with van der Waals surface area (Å²) in [5.74, 6) is 0. The molecule has 0 aliphatic heterocycles. The highest BCUT2D eigenvalue weighted by Gasteiger charge is 2.04. The number of nitrogens with zero attached hydrogens (tertiary/aromatic N) is 1. The lowest BCUT2D eigenvalue weighted by atomic mass is 10.1. The van der Waals surface area contributed by atoms with Gasteiger partial charge in [0, 0.05) is 5.71 Å². The maximum atomic E-state index is 4.86. The summed E-state index contributed by atoms with van der Waals surface area (Å²) in [4.78, 5) is 4.86.